The summed E-state index contributed by atoms with van der Waals surface area (Å²) in [4.78, 5) is 38.5. The zero-order chi connectivity index (χ0) is 21.2. The number of nitrogens with one attached hydrogen (secondary N) is 2. The molecule has 2 aromatic rings. The smallest absolute Gasteiger partial charge is 0.243 e. The van der Waals surface area contributed by atoms with Crippen LogP contribution in [0, 0.1) is 12.8 Å². The third-order valence-electron chi connectivity index (χ3n) is 4.23. The van der Waals surface area contributed by atoms with Crippen molar-refractivity contribution in [2.24, 2.45) is 5.92 Å². The standard InChI is InChI=1S/C23H29N3O3/c1-17(2)12-23(29)26(15-19-9-5-4-6-10-19)16-22(28)24-14-21(27)25-20-11-7-8-18(3)13-20/h4-11,13,17H,12,14-16H2,1-3H3,(H,24,28)(H,25,27). The van der Waals surface area contributed by atoms with Gasteiger partial charge >= 0.3 is 0 Å². The summed E-state index contributed by atoms with van der Waals surface area (Å²) in [5.41, 5.74) is 2.67. The van der Waals surface area contributed by atoms with Crippen LogP contribution < -0.4 is 10.6 Å². The topological polar surface area (TPSA) is 78.5 Å². The van der Waals surface area contributed by atoms with E-state index in [1.807, 2.05) is 69.3 Å². The maximum Gasteiger partial charge on any atom is 0.243 e. The Morgan fingerprint density at radius 1 is 0.966 bits per heavy atom. The molecule has 2 aromatic carbocycles. The summed E-state index contributed by atoms with van der Waals surface area (Å²) >= 11 is 0. The molecule has 0 unspecified atom stereocenters. The maximum absolute atomic E-state index is 12.6. The number of amides is 3. The fourth-order valence-electron chi connectivity index (χ4n) is 2.85. The second kappa shape index (κ2) is 11.0. The molecule has 0 spiro atoms. The third kappa shape index (κ3) is 8.17. The third-order valence-corrected chi connectivity index (χ3v) is 4.23. The van der Waals surface area contributed by atoms with Gasteiger partial charge in [0.1, 0.15) is 0 Å². The fourth-order valence-corrected chi connectivity index (χ4v) is 2.85. The van der Waals surface area contributed by atoms with Crippen molar-refractivity contribution in [1.29, 1.82) is 0 Å². The Bertz CT molecular complexity index is 834. The van der Waals surface area contributed by atoms with Crippen LogP contribution in [0.1, 0.15) is 31.4 Å². The largest absolute Gasteiger partial charge is 0.345 e. The number of benzene rings is 2. The van der Waals surface area contributed by atoms with Gasteiger partial charge in [-0.05, 0) is 36.1 Å². The minimum absolute atomic E-state index is 0.0804. The first-order valence-electron chi connectivity index (χ1n) is 9.78. The van der Waals surface area contributed by atoms with Crippen molar-refractivity contribution in [2.45, 2.75) is 33.7 Å². The summed E-state index contributed by atoms with van der Waals surface area (Å²) in [5.74, 6) is -0.559. The molecule has 0 radical (unpaired) electrons. The van der Waals surface area contributed by atoms with Crippen molar-refractivity contribution in [3.63, 3.8) is 0 Å². The number of hydrogen-bond acceptors (Lipinski definition) is 3. The Morgan fingerprint density at radius 2 is 1.69 bits per heavy atom. The first-order valence-corrected chi connectivity index (χ1v) is 9.78. The fraction of sp³-hybridized carbons (Fsp3) is 0.348. The van der Waals surface area contributed by atoms with Crippen LogP contribution in [0.25, 0.3) is 0 Å². The van der Waals surface area contributed by atoms with E-state index in [-0.39, 0.29) is 36.7 Å². The van der Waals surface area contributed by atoms with Crippen molar-refractivity contribution in [1.82, 2.24) is 10.2 Å². The van der Waals surface area contributed by atoms with E-state index >= 15 is 0 Å². The maximum atomic E-state index is 12.6. The average Bonchev–Trinajstić information content (AvgIpc) is 2.66. The number of carbonyl (C=O) groups excluding carboxylic acids is 3. The van der Waals surface area contributed by atoms with Crippen LogP contribution in [0.15, 0.2) is 54.6 Å². The Hall–Kier alpha value is -3.15. The quantitative estimate of drug-likeness (QED) is 0.685. The molecule has 0 fully saturated rings. The van der Waals surface area contributed by atoms with Gasteiger partial charge in [-0.1, -0.05) is 56.3 Å². The van der Waals surface area contributed by atoms with E-state index in [9.17, 15) is 14.4 Å². The zero-order valence-corrected chi connectivity index (χ0v) is 17.3. The Balaban J connectivity index is 1.90. The van der Waals surface area contributed by atoms with Crippen LogP contribution >= 0.6 is 0 Å². The molecule has 0 saturated carbocycles. The van der Waals surface area contributed by atoms with Crippen molar-refractivity contribution in [3.8, 4) is 0 Å². The molecule has 0 bridgehead atoms. The monoisotopic (exact) mass is 395 g/mol. The molecule has 154 valence electrons. The van der Waals surface area contributed by atoms with Gasteiger partial charge in [0.25, 0.3) is 0 Å². The molecule has 0 saturated heterocycles. The normalized spacial score (nSPS) is 10.5. The van der Waals surface area contributed by atoms with Crippen LogP contribution in [0.3, 0.4) is 0 Å². The first kappa shape index (κ1) is 22.1. The van der Waals surface area contributed by atoms with Gasteiger partial charge < -0.3 is 15.5 Å². The van der Waals surface area contributed by atoms with E-state index < -0.39 is 0 Å². The molecule has 0 aliphatic rings. The number of carbonyl (C=O) groups is 3. The molecule has 0 aliphatic heterocycles. The summed E-state index contributed by atoms with van der Waals surface area (Å²) in [6.07, 6.45) is 0.369. The highest BCUT2D eigenvalue weighted by Gasteiger charge is 2.19. The van der Waals surface area contributed by atoms with Crippen LogP contribution in [0.4, 0.5) is 5.69 Å². The van der Waals surface area contributed by atoms with Gasteiger partial charge in [0, 0.05) is 18.7 Å². The number of rotatable bonds is 9. The first-order chi connectivity index (χ1) is 13.8. The lowest BCUT2D eigenvalue weighted by atomic mass is 10.1. The lowest BCUT2D eigenvalue weighted by Crippen LogP contribution is -2.42. The molecule has 3 amide bonds. The van der Waals surface area contributed by atoms with Gasteiger partial charge in [-0.15, -0.1) is 0 Å². The molecular weight excluding hydrogens is 366 g/mol. The van der Waals surface area contributed by atoms with Crippen molar-refractivity contribution >= 4 is 23.4 Å². The molecule has 0 aliphatic carbocycles. The summed E-state index contributed by atoms with van der Waals surface area (Å²) in [6, 6.07) is 17.0. The molecule has 6 heteroatoms. The summed E-state index contributed by atoms with van der Waals surface area (Å²) < 4.78 is 0. The minimum atomic E-state index is -0.363. The molecule has 0 atom stereocenters. The van der Waals surface area contributed by atoms with Gasteiger partial charge in [0.2, 0.25) is 17.7 Å². The molecule has 29 heavy (non-hydrogen) atoms. The van der Waals surface area contributed by atoms with Crippen molar-refractivity contribution in [3.05, 3.63) is 65.7 Å². The zero-order valence-electron chi connectivity index (χ0n) is 17.3. The molecule has 2 rings (SSSR count). The minimum Gasteiger partial charge on any atom is -0.345 e. The molecule has 0 aromatic heterocycles. The summed E-state index contributed by atoms with van der Waals surface area (Å²) in [6.45, 7) is 5.99. The highest BCUT2D eigenvalue weighted by molar-refractivity contribution is 5.95. The Labute approximate surface area is 172 Å². The van der Waals surface area contributed by atoms with Crippen LogP contribution in [-0.2, 0) is 20.9 Å². The molecular formula is C23H29N3O3. The SMILES string of the molecule is Cc1cccc(NC(=O)CNC(=O)CN(Cc2ccccc2)C(=O)CC(C)C)c1. The van der Waals surface area contributed by atoms with Gasteiger partial charge in [0.05, 0.1) is 13.1 Å². The van der Waals surface area contributed by atoms with Gasteiger partial charge in [0.15, 0.2) is 0 Å². The molecule has 6 nitrogen and oxygen atoms in total. The van der Waals surface area contributed by atoms with Gasteiger partial charge in [-0.25, -0.2) is 0 Å². The second-order valence-corrected chi connectivity index (χ2v) is 7.53. The van der Waals surface area contributed by atoms with E-state index in [1.54, 1.807) is 6.07 Å². The van der Waals surface area contributed by atoms with E-state index in [2.05, 4.69) is 10.6 Å². The van der Waals surface area contributed by atoms with Crippen molar-refractivity contribution < 1.29 is 14.4 Å². The highest BCUT2D eigenvalue weighted by atomic mass is 16.2. The van der Waals surface area contributed by atoms with Crippen LogP contribution in [0.2, 0.25) is 0 Å². The Kier molecular flexibility index (Phi) is 8.40. The van der Waals surface area contributed by atoms with E-state index in [0.717, 1.165) is 11.1 Å². The molecule has 2 N–H and O–H groups in total. The predicted molar refractivity (Wildman–Crippen MR) is 114 cm³/mol. The Morgan fingerprint density at radius 3 is 2.34 bits per heavy atom. The van der Waals surface area contributed by atoms with Gasteiger partial charge in [-0.3, -0.25) is 14.4 Å². The number of hydrogen-bond donors (Lipinski definition) is 2. The lowest BCUT2D eigenvalue weighted by molar-refractivity contribution is -0.137. The number of aryl methyl sites for hydroxylation is 1. The summed E-state index contributed by atoms with van der Waals surface area (Å²) in [7, 11) is 0. The average molecular weight is 396 g/mol. The highest BCUT2D eigenvalue weighted by Crippen LogP contribution is 2.10. The van der Waals surface area contributed by atoms with E-state index in [0.29, 0.717) is 18.7 Å². The second-order valence-electron chi connectivity index (χ2n) is 7.53. The number of nitrogens with zero attached hydrogens (tertiary/aromatic N) is 1. The predicted octanol–water partition coefficient (Wildman–Crippen LogP) is 3.12. The lowest BCUT2D eigenvalue weighted by Gasteiger charge is -2.23. The van der Waals surface area contributed by atoms with E-state index in [1.165, 1.54) is 4.90 Å². The molecule has 0 heterocycles. The van der Waals surface area contributed by atoms with Gasteiger partial charge in [-0.2, -0.15) is 0 Å². The number of anilines is 1. The summed E-state index contributed by atoms with van der Waals surface area (Å²) in [5, 5.41) is 5.34. The van der Waals surface area contributed by atoms with Crippen LogP contribution in [0.5, 0.6) is 0 Å². The van der Waals surface area contributed by atoms with Crippen LogP contribution in [-0.4, -0.2) is 35.7 Å². The van der Waals surface area contributed by atoms with E-state index in [4.69, 9.17) is 0 Å². The van der Waals surface area contributed by atoms with Crippen molar-refractivity contribution in [2.75, 3.05) is 18.4 Å².